The van der Waals surface area contributed by atoms with Crippen LogP contribution in [0, 0.1) is 5.92 Å². The third-order valence-electron chi connectivity index (χ3n) is 4.01. The molecule has 7 heteroatoms. The number of carbonyl (C=O) groups is 1. The minimum Gasteiger partial charge on any atom is -0.481 e. The summed E-state index contributed by atoms with van der Waals surface area (Å²) in [4.78, 5) is 16.8. The van der Waals surface area contributed by atoms with Crippen LogP contribution in [0.1, 0.15) is 23.3 Å². The molecule has 130 valence electrons. The molecule has 2 aromatic rings. The second kappa shape index (κ2) is 6.55. The fraction of sp³-hybridized carbons (Fsp3) is 0.222. The fourth-order valence-corrected chi connectivity index (χ4v) is 4.33. The average molecular weight is 365 g/mol. The maximum atomic E-state index is 13.4. The number of nitrogens with zero attached hydrogens (tertiary/aromatic N) is 1. The van der Waals surface area contributed by atoms with Gasteiger partial charge in [0.15, 0.2) is 0 Å². The van der Waals surface area contributed by atoms with Gasteiger partial charge in [0.05, 0.1) is 16.5 Å². The van der Waals surface area contributed by atoms with Crippen molar-refractivity contribution in [3.05, 3.63) is 59.7 Å². The highest BCUT2D eigenvalue weighted by molar-refractivity contribution is 7.99. The number of para-hydroxylation sites is 1. The minimum atomic E-state index is -4.56. The van der Waals surface area contributed by atoms with Crippen LogP contribution in [0.15, 0.2) is 58.4 Å². The van der Waals surface area contributed by atoms with Gasteiger partial charge < -0.3 is 5.11 Å². The molecule has 0 aliphatic carbocycles. The van der Waals surface area contributed by atoms with Crippen molar-refractivity contribution in [1.29, 1.82) is 0 Å². The fourth-order valence-electron chi connectivity index (χ4n) is 2.89. The zero-order chi connectivity index (χ0) is 18.2. The molecular weight excluding hydrogens is 351 g/mol. The second-order valence-corrected chi connectivity index (χ2v) is 6.84. The molecule has 2 aromatic carbocycles. The van der Waals surface area contributed by atoms with Gasteiger partial charge in [-0.2, -0.15) is 13.2 Å². The number of hydrogen-bond donors (Lipinski definition) is 1. The van der Waals surface area contributed by atoms with Gasteiger partial charge in [0.1, 0.15) is 5.92 Å². The number of aliphatic imine (C=N–C) groups is 1. The van der Waals surface area contributed by atoms with Crippen LogP contribution < -0.4 is 0 Å². The molecule has 3 nitrogen and oxygen atoms in total. The molecule has 3 rings (SSSR count). The van der Waals surface area contributed by atoms with Gasteiger partial charge in [-0.1, -0.05) is 30.3 Å². The van der Waals surface area contributed by atoms with E-state index in [4.69, 9.17) is 0 Å². The van der Waals surface area contributed by atoms with E-state index in [9.17, 15) is 23.1 Å². The molecule has 0 radical (unpaired) electrons. The van der Waals surface area contributed by atoms with Gasteiger partial charge in [0.2, 0.25) is 0 Å². The van der Waals surface area contributed by atoms with E-state index in [-0.39, 0.29) is 11.3 Å². The molecular formula is C18H14F3NO2S. The lowest BCUT2D eigenvalue weighted by Crippen LogP contribution is -2.28. The smallest absolute Gasteiger partial charge is 0.416 e. The van der Waals surface area contributed by atoms with E-state index in [1.54, 1.807) is 31.2 Å². The van der Waals surface area contributed by atoms with E-state index in [1.165, 1.54) is 18.2 Å². The number of hydrogen-bond acceptors (Lipinski definition) is 3. The lowest BCUT2D eigenvalue weighted by atomic mass is 9.91. The van der Waals surface area contributed by atoms with Crippen LogP contribution in [0.5, 0.6) is 0 Å². The summed E-state index contributed by atoms with van der Waals surface area (Å²) in [5.74, 6) is -2.34. The van der Waals surface area contributed by atoms with Crippen molar-refractivity contribution in [3.8, 4) is 0 Å². The first-order valence-corrected chi connectivity index (χ1v) is 8.37. The third-order valence-corrected chi connectivity index (χ3v) is 5.39. The Morgan fingerprint density at radius 1 is 1.12 bits per heavy atom. The molecule has 1 aliphatic heterocycles. The van der Waals surface area contributed by atoms with Crippen LogP contribution >= 0.6 is 11.8 Å². The molecule has 0 aromatic heterocycles. The quantitative estimate of drug-likeness (QED) is 0.781. The first-order chi connectivity index (χ1) is 11.8. The summed E-state index contributed by atoms with van der Waals surface area (Å²) >= 11 is 1.11. The molecule has 2 atom stereocenters. The minimum absolute atomic E-state index is 0.0429. The average Bonchev–Trinajstić information content (AvgIpc) is 2.69. The Kier molecular flexibility index (Phi) is 4.60. The van der Waals surface area contributed by atoms with Gasteiger partial charge in [-0.05, 0) is 30.7 Å². The molecule has 2 unspecified atom stereocenters. The SMILES string of the molecule is CC1=Nc2ccccc2SC(c2ccccc2C(F)(F)F)C1C(=O)O. The molecule has 0 amide bonds. The van der Waals surface area contributed by atoms with Crippen molar-refractivity contribution >= 4 is 29.1 Å². The summed E-state index contributed by atoms with van der Waals surface area (Å²) in [5, 5.41) is 8.73. The van der Waals surface area contributed by atoms with Crippen molar-refractivity contribution in [2.45, 2.75) is 23.2 Å². The van der Waals surface area contributed by atoms with E-state index >= 15 is 0 Å². The van der Waals surface area contributed by atoms with Gasteiger partial charge in [-0.25, -0.2) is 0 Å². The summed E-state index contributed by atoms with van der Waals surface area (Å²) in [6.45, 7) is 1.55. The first kappa shape index (κ1) is 17.5. The summed E-state index contributed by atoms with van der Waals surface area (Å²) < 4.78 is 40.3. The largest absolute Gasteiger partial charge is 0.481 e. The Morgan fingerprint density at radius 2 is 1.76 bits per heavy atom. The molecule has 0 bridgehead atoms. The molecule has 1 N–H and O–H groups in total. The van der Waals surface area contributed by atoms with Crippen LogP contribution in [-0.2, 0) is 11.0 Å². The van der Waals surface area contributed by atoms with Gasteiger partial charge in [0.25, 0.3) is 0 Å². The number of carboxylic acids is 1. The number of benzene rings is 2. The summed E-state index contributed by atoms with van der Waals surface area (Å²) in [6, 6.07) is 12.1. The number of rotatable bonds is 2. The first-order valence-electron chi connectivity index (χ1n) is 7.49. The Morgan fingerprint density at radius 3 is 2.44 bits per heavy atom. The van der Waals surface area contributed by atoms with Crippen LogP contribution in [0.2, 0.25) is 0 Å². The normalized spacial score (nSPS) is 20.4. The number of thioether (sulfide) groups is 1. The van der Waals surface area contributed by atoms with Crippen LogP contribution in [0.4, 0.5) is 18.9 Å². The zero-order valence-electron chi connectivity index (χ0n) is 13.1. The highest BCUT2D eigenvalue weighted by Crippen LogP contribution is 2.50. The number of fused-ring (bicyclic) bond motifs is 1. The van der Waals surface area contributed by atoms with Crippen molar-refractivity contribution in [3.63, 3.8) is 0 Å². The van der Waals surface area contributed by atoms with E-state index in [0.717, 1.165) is 17.8 Å². The Labute approximate surface area is 146 Å². The number of aliphatic carboxylic acids is 1. The maximum Gasteiger partial charge on any atom is 0.416 e. The second-order valence-electron chi connectivity index (χ2n) is 5.66. The number of alkyl halides is 3. The third kappa shape index (κ3) is 3.42. The monoisotopic (exact) mass is 365 g/mol. The van der Waals surface area contributed by atoms with E-state index < -0.39 is 28.9 Å². The summed E-state index contributed by atoms with van der Waals surface area (Å²) in [5.41, 5.74) is -0.000230. The lowest BCUT2D eigenvalue weighted by Gasteiger charge is -2.25. The maximum absolute atomic E-state index is 13.4. The summed E-state index contributed by atoms with van der Waals surface area (Å²) in [6.07, 6.45) is -4.56. The molecule has 0 spiro atoms. The van der Waals surface area contributed by atoms with Crippen molar-refractivity contribution < 1.29 is 23.1 Å². The Balaban J connectivity index is 2.20. The van der Waals surface area contributed by atoms with E-state index in [0.29, 0.717) is 10.6 Å². The standard InChI is InChI=1S/C18H14F3NO2S/c1-10-15(17(23)24)16(25-14-9-5-4-8-13(14)22-10)11-6-2-3-7-12(11)18(19,20)21/h2-9,15-16H,1H3,(H,23,24). The van der Waals surface area contributed by atoms with Crippen LogP contribution in [0.25, 0.3) is 0 Å². The van der Waals surface area contributed by atoms with Gasteiger partial charge >= 0.3 is 12.1 Å². The van der Waals surface area contributed by atoms with Gasteiger partial charge in [-0.15, -0.1) is 11.8 Å². The highest BCUT2D eigenvalue weighted by atomic mass is 32.2. The van der Waals surface area contributed by atoms with Crippen molar-refractivity contribution in [2.75, 3.05) is 0 Å². The van der Waals surface area contributed by atoms with Crippen molar-refractivity contribution in [1.82, 2.24) is 0 Å². The highest BCUT2D eigenvalue weighted by Gasteiger charge is 2.41. The van der Waals surface area contributed by atoms with E-state index in [1.807, 2.05) is 0 Å². The number of halogens is 3. The van der Waals surface area contributed by atoms with Crippen LogP contribution in [0.3, 0.4) is 0 Å². The zero-order valence-corrected chi connectivity index (χ0v) is 13.9. The van der Waals surface area contributed by atoms with Crippen molar-refractivity contribution in [2.24, 2.45) is 10.9 Å². The molecule has 1 heterocycles. The number of carboxylic acid groups (broad SMARTS) is 1. The predicted octanol–water partition coefficient (Wildman–Crippen LogP) is 5.35. The Hall–Kier alpha value is -2.28. The molecule has 25 heavy (non-hydrogen) atoms. The molecule has 0 saturated heterocycles. The van der Waals surface area contributed by atoms with E-state index in [2.05, 4.69) is 4.99 Å². The molecule has 0 fully saturated rings. The molecule has 0 saturated carbocycles. The molecule has 1 aliphatic rings. The topological polar surface area (TPSA) is 49.7 Å². The van der Waals surface area contributed by atoms with Crippen LogP contribution in [-0.4, -0.2) is 16.8 Å². The van der Waals surface area contributed by atoms with Gasteiger partial charge in [-0.3, -0.25) is 9.79 Å². The van der Waals surface area contributed by atoms with Gasteiger partial charge in [0, 0.05) is 10.6 Å². The predicted molar refractivity (Wildman–Crippen MR) is 90.4 cm³/mol. The summed E-state index contributed by atoms with van der Waals surface area (Å²) in [7, 11) is 0. The Bertz CT molecular complexity index is 848. The lowest BCUT2D eigenvalue weighted by molar-refractivity contribution is -0.141.